The van der Waals surface area contributed by atoms with E-state index in [0.29, 0.717) is 43.5 Å². The first-order chi connectivity index (χ1) is 11.7. The molecule has 0 bridgehead atoms. The first-order valence-electron chi connectivity index (χ1n) is 8.23. The number of aromatic nitrogens is 1. The Morgan fingerprint density at radius 1 is 1.33 bits per heavy atom. The average molecular weight is 332 g/mol. The molecule has 2 aliphatic heterocycles. The largest absolute Gasteiger partial charge is 0.461 e. The molecule has 0 saturated carbocycles. The number of furan rings is 1. The van der Waals surface area contributed by atoms with Gasteiger partial charge in [0.25, 0.3) is 5.91 Å². The number of carbonyl (C=O) groups excluding carboxylic acids is 1. The maximum Gasteiger partial charge on any atom is 0.276 e. The molecule has 2 saturated heterocycles. The van der Waals surface area contributed by atoms with Crippen molar-refractivity contribution in [3.8, 4) is 11.5 Å². The zero-order valence-electron chi connectivity index (χ0n) is 13.6. The Labute approximate surface area is 139 Å². The van der Waals surface area contributed by atoms with Crippen LogP contribution in [0.15, 0.2) is 33.4 Å². The van der Waals surface area contributed by atoms with E-state index in [1.54, 1.807) is 29.4 Å². The van der Waals surface area contributed by atoms with E-state index < -0.39 is 5.79 Å². The lowest BCUT2D eigenvalue weighted by Crippen LogP contribution is -2.48. The van der Waals surface area contributed by atoms with Crippen LogP contribution < -0.4 is 0 Å². The Morgan fingerprint density at radius 2 is 2.17 bits per heavy atom. The highest BCUT2D eigenvalue weighted by Crippen LogP contribution is 2.34. The van der Waals surface area contributed by atoms with Gasteiger partial charge in [-0.1, -0.05) is 5.16 Å². The van der Waals surface area contributed by atoms with Gasteiger partial charge in [-0.05, 0) is 31.9 Å². The lowest BCUT2D eigenvalue weighted by molar-refractivity contribution is -0.189. The van der Waals surface area contributed by atoms with Crippen molar-refractivity contribution in [2.24, 2.45) is 5.92 Å². The average Bonchev–Trinajstić information content (AvgIpc) is 3.35. The first-order valence-corrected chi connectivity index (χ1v) is 8.23. The highest BCUT2D eigenvalue weighted by Gasteiger charge is 2.42. The fraction of sp³-hybridized carbons (Fsp3) is 0.529. The molecule has 0 radical (unpaired) electrons. The smallest absolute Gasteiger partial charge is 0.276 e. The van der Waals surface area contributed by atoms with E-state index in [4.69, 9.17) is 18.4 Å². The summed E-state index contributed by atoms with van der Waals surface area (Å²) in [5.41, 5.74) is 0.292. The van der Waals surface area contributed by atoms with Crippen LogP contribution in [-0.2, 0) is 9.47 Å². The van der Waals surface area contributed by atoms with E-state index in [0.717, 1.165) is 12.8 Å². The molecule has 0 aliphatic carbocycles. The Morgan fingerprint density at radius 3 is 2.92 bits per heavy atom. The van der Waals surface area contributed by atoms with Crippen molar-refractivity contribution in [1.82, 2.24) is 10.1 Å². The summed E-state index contributed by atoms with van der Waals surface area (Å²) < 4.78 is 22.0. The molecule has 7 heteroatoms. The summed E-state index contributed by atoms with van der Waals surface area (Å²) in [6, 6.07) is 5.15. The minimum atomic E-state index is -0.595. The zero-order valence-corrected chi connectivity index (χ0v) is 13.6. The summed E-state index contributed by atoms with van der Waals surface area (Å²) in [5.74, 6) is 0.434. The van der Waals surface area contributed by atoms with Gasteiger partial charge < -0.3 is 23.3 Å². The van der Waals surface area contributed by atoms with Crippen LogP contribution in [0.3, 0.4) is 0 Å². The number of hydrogen-bond donors (Lipinski definition) is 0. The van der Waals surface area contributed by atoms with Crippen molar-refractivity contribution in [3.05, 3.63) is 30.2 Å². The molecule has 2 aliphatic rings. The van der Waals surface area contributed by atoms with Crippen molar-refractivity contribution >= 4 is 5.91 Å². The number of amides is 1. The minimum absolute atomic E-state index is 0.136. The summed E-state index contributed by atoms with van der Waals surface area (Å²) in [5, 5.41) is 3.90. The SMILES string of the molecule is CC1([C@H]2CCCN(C(=O)c3cc(-c4ccco4)on3)C2)OCCO1. The molecule has 2 fully saturated rings. The molecule has 0 N–H and O–H groups in total. The van der Waals surface area contributed by atoms with Crippen LogP contribution in [-0.4, -0.2) is 48.1 Å². The molecular weight excluding hydrogens is 312 g/mol. The van der Waals surface area contributed by atoms with Crippen LogP contribution in [0.1, 0.15) is 30.3 Å². The highest BCUT2D eigenvalue weighted by molar-refractivity contribution is 5.93. The number of rotatable bonds is 3. The molecule has 2 aromatic heterocycles. The second-order valence-electron chi connectivity index (χ2n) is 6.36. The predicted octanol–water partition coefficient (Wildman–Crippen LogP) is 2.55. The van der Waals surface area contributed by atoms with Gasteiger partial charge >= 0.3 is 0 Å². The van der Waals surface area contributed by atoms with E-state index in [1.807, 2.05) is 6.92 Å². The fourth-order valence-corrected chi connectivity index (χ4v) is 3.43. The Balaban J connectivity index is 1.48. The van der Waals surface area contributed by atoms with Crippen LogP contribution in [0, 0.1) is 5.92 Å². The molecule has 4 heterocycles. The number of likely N-dealkylation sites (tertiary alicyclic amines) is 1. The van der Waals surface area contributed by atoms with Crippen molar-refractivity contribution in [1.29, 1.82) is 0 Å². The second kappa shape index (κ2) is 6.07. The number of ether oxygens (including phenoxy) is 2. The summed E-state index contributed by atoms with van der Waals surface area (Å²) in [6.07, 6.45) is 3.45. The molecule has 0 spiro atoms. The lowest BCUT2D eigenvalue weighted by atomic mass is 9.90. The van der Waals surface area contributed by atoms with Gasteiger partial charge in [-0.2, -0.15) is 0 Å². The summed E-state index contributed by atoms with van der Waals surface area (Å²) in [6.45, 7) is 4.48. The molecular formula is C17H20N2O5. The molecule has 1 amide bonds. The summed E-state index contributed by atoms with van der Waals surface area (Å²) in [4.78, 5) is 14.5. The first kappa shape index (κ1) is 15.4. The second-order valence-corrected chi connectivity index (χ2v) is 6.36. The summed E-state index contributed by atoms with van der Waals surface area (Å²) in [7, 11) is 0. The third-order valence-corrected chi connectivity index (χ3v) is 4.80. The van der Waals surface area contributed by atoms with Crippen LogP contribution in [0.25, 0.3) is 11.5 Å². The van der Waals surface area contributed by atoms with Crippen molar-refractivity contribution < 1.29 is 23.2 Å². The van der Waals surface area contributed by atoms with Gasteiger partial charge in [-0.3, -0.25) is 4.79 Å². The van der Waals surface area contributed by atoms with Gasteiger partial charge in [0.15, 0.2) is 17.2 Å². The van der Waals surface area contributed by atoms with Gasteiger partial charge in [0.2, 0.25) is 5.76 Å². The van der Waals surface area contributed by atoms with Crippen LogP contribution in [0.2, 0.25) is 0 Å². The quantitative estimate of drug-likeness (QED) is 0.859. The lowest BCUT2D eigenvalue weighted by Gasteiger charge is -2.39. The molecule has 24 heavy (non-hydrogen) atoms. The normalized spacial score (nSPS) is 23.5. The highest BCUT2D eigenvalue weighted by atomic mass is 16.7. The van der Waals surface area contributed by atoms with Crippen LogP contribution in [0.5, 0.6) is 0 Å². The number of carbonyl (C=O) groups is 1. The Kier molecular flexibility index (Phi) is 3.90. The van der Waals surface area contributed by atoms with Crippen molar-refractivity contribution in [2.75, 3.05) is 26.3 Å². The van der Waals surface area contributed by atoms with Gasteiger partial charge in [0, 0.05) is 25.1 Å². The molecule has 7 nitrogen and oxygen atoms in total. The monoisotopic (exact) mass is 332 g/mol. The van der Waals surface area contributed by atoms with Gasteiger partial charge in [-0.15, -0.1) is 0 Å². The van der Waals surface area contributed by atoms with Gasteiger partial charge in [0.1, 0.15) is 0 Å². The maximum atomic E-state index is 12.7. The number of piperidine rings is 1. The molecule has 4 rings (SSSR count). The van der Waals surface area contributed by atoms with Crippen LogP contribution in [0.4, 0.5) is 0 Å². The predicted molar refractivity (Wildman–Crippen MR) is 83.1 cm³/mol. The third kappa shape index (κ3) is 2.74. The van der Waals surface area contributed by atoms with E-state index in [2.05, 4.69) is 5.16 Å². The van der Waals surface area contributed by atoms with Gasteiger partial charge in [-0.25, -0.2) is 0 Å². The number of hydrogen-bond acceptors (Lipinski definition) is 6. The topological polar surface area (TPSA) is 77.9 Å². The van der Waals surface area contributed by atoms with E-state index in [-0.39, 0.29) is 11.8 Å². The van der Waals surface area contributed by atoms with E-state index >= 15 is 0 Å². The van der Waals surface area contributed by atoms with Crippen molar-refractivity contribution in [2.45, 2.75) is 25.6 Å². The van der Waals surface area contributed by atoms with Gasteiger partial charge in [0.05, 0.1) is 19.5 Å². The maximum absolute atomic E-state index is 12.7. The minimum Gasteiger partial charge on any atom is -0.461 e. The molecule has 1 atom stereocenters. The molecule has 0 unspecified atom stereocenters. The number of nitrogens with zero attached hydrogens (tertiary/aromatic N) is 2. The molecule has 2 aromatic rings. The molecule has 128 valence electrons. The Hall–Kier alpha value is -2.12. The molecule has 0 aromatic carbocycles. The Bertz CT molecular complexity index is 702. The summed E-state index contributed by atoms with van der Waals surface area (Å²) >= 11 is 0. The standard InChI is InChI=1S/C17H20N2O5/c1-17(22-8-9-23-17)12-4-2-6-19(11-12)16(20)13-10-15(24-18-13)14-5-3-7-21-14/h3,5,7,10,12H,2,4,6,8-9,11H2,1H3/t12-/m0/s1. The fourth-order valence-electron chi connectivity index (χ4n) is 3.43. The third-order valence-electron chi connectivity index (χ3n) is 4.80. The zero-order chi connectivity index (χ0) is 16.6. The van der Waals surface area contributed by atoms with E-state index in [9.17, 15) is 4.79 Å². The van der Waals surface area contributed by atoms with E-state index in [1.165, 1.54) is 0 Å². The van der Waals surface area contributed by atoms with Crippen molar-refractivity contribution in [3.63, 3.8) is 0 Å². The van der Waals surface area contributed by atoms with Crippen LogP contribution >= 0.6 is 0 Å².